The number of nitrogens with one attached hydrogen (secondary N) is 2. The Kier molecular flexibility index (Phi) is 5.48. The minimum absolute atomic E-state index is 0.248. The molecule has 0 fully saturated rings. The van der Waals surface area contributed by atoms with Crippen LogP contribution in [0.5, 0.6) is 0 Å². The Morgan fingerprint density at radius 1 is 1.13 bits per heavy atom. The molecule has 5 heteroatoms. The van der Waals surface area contributed by atoms with Gasteiger partial charge in [0.25, 0.3) is 0 Å². The number of carbonyl (C=O) groups excluding carboxylic acids is 2. The second-order valence-electron chi connectivity index (χ2n) is 4.96. The number of rotatable bonds is 3. The Bertz CT molecular complexity index is 761. The molecule has 2 amide bonds. The lowest BCUT2D eigenvalue weighted by molar-refractivity contribution is -0.124. The third-order valence-electron chi connectivity index (χ3n) is 2.94. The first-order valence-corrected chi connectivity index (χ1v) is 7.15. The molecule has 0 radical (unpaired) electrons. The van der Waals surface area contributed by atoms with Crippen molar-refractivity contribution >= 4 is 17.5 Å². The van der Waals surface area contributed by atoms with Crippen molar-refractivity contribution in [1.29, 1.82) is 0 Å². The molecule has 1 heterocycles. The molecule has 1 atom stereocenters. The number of nitrogens with zero attached hydrogens (tertiary/aromatic N) is 1. The van der Waals surface area contributed by atoms with Gasteiger partial charge in [0, 0.05) is 24.4 Å². The molecule has 23 heavy (non-hydrogen) atoms. The summed E-state index contributed by atoms with van der Waals surface area (Å²) in [5, 5.41) is 5.29. The maximum absolute atomic E-state index is 12.0. The summed E-state index contributed by atoms with van der Waals surface area (Å²) in [6.45, 7) is 3.00. The molecular formula is C18H17N3O2. The highest BCUT2D eigenvalue weighted by atomic mass is 16.2. The second-order valence-corrected chi connectivity index (χ2v) is 4.96. The highest BCUT2D eigenvalue weighted by Crippen LogP contribution is 2.10. The molecule has 2 rings (SSSR count). The molecule has 0 spiro atoms. The third-order valence-corrected chi connectivity index (χ3v) is 2.94. The Morgan fingerprint density at radius 3 is 2.65 bits per heavy atom. The fourth-order valence-electron chi connectivity index (χ4n) is 1.87. The van der Waals surface area contributed by atoms with Crippen LogP contribution in [0.3, 0.4) is 0 Å². The number of amides is 2. The van der Waals surface area contributed by atoms with Gasteiger partial charge in [-0.25, -0.2) is 4.98 Å². The lowest BCUT2D eigenvalue weighted by Gasteiger charge is -2.12. The van der Waals surface area contributed by atoms with E-state index in [1.54, 1.807) is 31.3 Å². The van der Waals surface area contributed by atoms with Gasteiger partial charge >= 0.3 is 0 Å². The van der Waals surface area contributed by atoms with Crippen molar-refractivity contribution in [2.45, 2.75) is 19.9 Å². The predicted molar refractivity (Wildman–Crippen MR) is 88.6 cm³/mol. The zero-order chi connectivity index (χ0) is 16.7. The first kappa shape index (κ1) is 16.2. The van der Waals surface area contributed by atoms with E-state index >= 15 is 0 Å². The van der Waals surface area contributed by atoms with Crippen LogP contribution in [-0.4, -0.2) is 22.8 Å². The quantitative estimate of drug-likeness (QED) is 0.851. The summed E-state index contributed by atoms with van der Waals surface area (Å²) in [7, 11) is 0. The van der Waals surface area contributed by atoms with Crippen molar-refractivity contribution in [2.75, 3.05) is 5.32 Å². The summed E-state index contributed by atoms with van der Waals surface area (Å²) >= 11 is 0. The zero-order valence-corrected chi connectivity index (χ0v) is 13.0. The molecule has 2 aromatic rings. The summed E-state index contributed by atoms with van der Waals surface area (Å²) in [5.74, 6) is 5.43. The van der Waals surface area contributed by atoms with Crippen LogP contribution in [0.4, 0.5) is 5.69 Å². The monoisotopic (exact) mass is 307 g/mol. The summed E-state index contributed by atoms with van der Waals surface area (Å²) in [6.07, 6.45) is 1.68. The SMILES string of the molecule is CC(=O)NC(C)C(=O)Nc1cccc(C#Cc2ccccn2)c1. The molecule has 1 aromatic carbocycles. The van der Waals surface area contributed by atoms with Gasteiger partial charge in [-0.2, -0.15) is 0 Å². The predicted octanol–water partition coefficient (Wildman–Crippen LogP) is 1.94. The van der Waals surface area contributed by atoms with E-state index < -0.39 is 6.04 Å². The molecule has 116 valence electrons. The van der Waals surface area contributed by atoms with Crippen molar-refractivity contribution in [1.82, 2.24) is 10.3 Å². The van der Waals surface area contributed by atoms with Gasteiger partial charge in [0.15, 0.2) is 0 Å². The van der Waals surface area contributed by atoms with Gasteiger partial charge in [0.05, 0.1) is 0 Å². The first-order valence-electron chi connectivity index (χ1n) is 7.15. The van der Waals surface area contributed by atoms with Crippen LogP contribution in [0, 0.1) is 11.8 Å². The van der Waals surface area contributed by atoms with E-state index in [4.69, 9.17) is 0 Å². The van der Waals surface area contributed by atoms with Crippen molar-refractivity contribution in [2.24, 2.45) is 0 Å². The normalized spacial score (nSPS) is 10.9. The van der Waals surface area contributed by atoms with Gasteiger partial charge in [0.2, 0.25) is 11.8 Å². The smallest absolute Gasteiger partial charge is 0.246 e. The van der Waals surface area contributed by atoms with E-state index in [9.17, 15) is 9.59 Å². The lowest BCUT2D eigenvalue weighted by Crippen LogP contribution is -2.40. The number of hydrogen-bond donors (Lipinski definition) is 2. The van der Waals surface area contributed by atoms with Crippen LogP contribution in [0.2, 0.25) is 0 Å². The molecule has 1 unspecified atom stereocenters. The van der Waals surface area contributed by atoms with E-state index in [2.05, 4.69) is 27.5 Å². The lowest BCUT2D eigenvalue weighted by atomic mass is 10.2. The van der Waals surface area contributed by atoms with Crippen molar-refractivity contribution in [3.05, 3.63) is 59.9 Å². The average molecular weight is 307 g/mol. The van der Waals surface area contributed by atoms with Crippen LogP contribution in [-0.2, 0) is 9.59 Å². The van der Waals surface area contributed by atoms with E-state index in [1.165, 1.54) is 6.92 Å². The highest BCUT2D eigenvalue weighted by molar-refractivity contribution is 5.96. The summed E-state index contributed by atoms with van der Waals surface area (Å²) in [4.78, 5) is 27.1. The summed E-state index contributed by atoms with van der Waals surface area (Å²) in [6, 6.07) is 12.1. The van der Waals surface area contributed by atoms with Crippen LogP contribution in [0.1, 0.15) is 25.1 Å². The molecule has 0 saturated heterocycles. The van der Waals surface area contributed by atoms with Crippen molar-refractivity contribution < 1.29 is 9.59 Å². The number of carbonyl (C=O) groups is 2. The van der Waals surface area contributed by atoms with Gasteiger partial charge in [0.1, 0.15) is 11.7 Å². The van der Waals surface area contributed by atoms with Crippen LogP contribution in [0.15, 0.2) is 48.7 Å². The number of anilines is 1. The zero-order valence-electron chi connectivity index (χ0n) is 13.0. The third kappa shape index (κ3) is 5.29. The van der Waals surface area contributed by atoms with Gasteiger partial charge in [-0.15, -0.1) is 0 Å². The average Bonchev–Trinajstić information content (AvgIpc) is 2.53. The molecule has 5 nitrogen and oxygen atoms in total. The standard InChI is InChI=1S/C18H17N3O2/c1-13(20-14(2)22)18(23)21-17-8-5-6-15(12-17)9-10-16-7-3-4-11-19-16/h3-8,11-13H,1-2H3,(H,20,22)(H,21,23). The van der Waals surface area contributed by atoms with Crippen LogP contribution >= 0.6 is 0 Å². The minimum atomic E-state index is -0.601. The molecule has 0 bridgehead atoms. The molecule has 0 saturated carbocycles. The van der Waals surface area contributed by atoms with Gasteiger partial charge < -0.3 is 10.6 Å². The topological polar surface area (TPSA) is 71.1 Å². The van der Waals surface area contributed by atoms with E-state index in [0.29, 0.717) is 11.4 Å². The molecule has 0 aliphatic carbocycles. The highest BCUT2D eigenvalue weighted by Gasteiger charge is 2.13. The summed E-state index contributed by atoms with van der Waals surface area (Å²) < 4.78 is 0. The van der Waals surface area contributed by atoms with Gasteiger partial charge in [-0.3, -0.25) is 9.59 Å². The van der Waals surface area contributed by atoms with Gasteiger partial charge in [-0.1, -0.05) is 18.1 Å². The largest absolute Gasteiger partial charge is 0.345 e. The van der Waals surface area contributed by atoms with E-state index in [1.807, 2.05) is 24.3 Å². The molecule has 0 aliphatic heterocycles. The Morgan fingerprint density at radius 2 is 1.96 bits per heavy atom. The second kappa shape index (κ2) is 7.76. The van der Waals surface area contributed by atoms with E-state index in [-0.39, 0.29) is 11.8 Å². The fraction of sp³-hybridized carbons (Fsp3) is 0.167. The van der Waals surface area contributed by atoms with Crippen molar-refractivity contribution in [3.8, 4) is 11.8 Å². The number of aromatic nitrogens is 1. The number of pyridine rings is 1. The molecular weight excluding hydrogens is 290 g/mol. The maximum Gasteiger partial charge on any atom is 0.246 e. The Hall–Kier alpha value is -3.13. The van der Waals surface area contributed by atoms with E-state index in [0.717, 1.165) is 5.56 Å². The molecule has 2 N–H and O–H groups in total. The molecule has 1 aromatic heterocycles. The van der Waals surface area contributed by atoms with Gasteiger partial charge in [-0.05, 0) is 43.2 Å². The number of benzene rings is 1. The Balaban J connectivity index is 2.07. The molecule has 0 aliphatic rings. The number of hydrogen-bond acceptors (Lipinski definition) is 3. The van der Waals surface area contributed by atoms with Crippen LogP contribution < -0.4 is 10.6 Å². The maximum atomic E-state index is 12.0. The summed E-state index contributed by atoms with van der Waals surface area (Å²) in [5.41, 5.74) is 2.07. The minimum Gasteiger partial charge on any atom is -0.345 e. The Labute approximate surface area is 135 Å². The first-order chi connectivity index (χ1) is 11.0. The van der Waals surface area contributed by atoms with Crippen molar-refractivity contribution in [3.63, 3.8) is 0 Å². The fourth-order valence-corrected chi connectivity index (χ4v) is 1.87. The van der Waals surface area contributed by atoms with Crippen LogP contribution in [0.25, 0.3) is 0 Å².